The van der Waals surface area contributed by atoms with Crippen LogP contribution in [0.2, 0.25) is 5.02 Å². The summed E-state index contributed by atoms with van der Waals surface area (Å²) in [5, 5.41) is 4.12. The van der Waals surface area contributed by atoms with Gasteiger partial charge in [0, 0.05) is 3.57 Å². The molecule has 0 saturated carbocycles. The minimum absolute atomic E-state index is 0.725. The van der Waals surface area contributed by atoms with Crippen molar-refractivity contribution in [3.05, 3.63) is 32.4 Å². The van der Waals surface area contributed by atoms with E-state index in [1.165, 1.54) is 0 Å². The lowest BCUT2D eigenvalue weighted by atomic mass is 10.2. The van der Waals surface area contributed by atoms with E-state index < -0.39 is 0 Å². The molecule has 0 atom stereocenters. The SMILES string of the molecule is NN=Cc1ccc(I)c(Cl)c1. The maximum atomic E-state index is 5.84. The first-order chi connectivity index (χ1) is 5.24. The third kappa shape index (κ3) is 2.34. The number of halogens is 2. The zero-order valence-corrected chi connectivity index (χ0v) is 8.50. The summed E-state index contributed by atoms with van der Waals surface area (Å²) in [5.74, 6) is 4.97. The third-order valence-electron chi connectivity index (χ3n) is 1.17. The highest BCUT2D eigenvalue weighted by molar-refractivity contribution is 14.1. The van der Waals surface area contributed by atoms with Crippen LogP contribution in [0, 0.1) is 3.57 Å². The fourth-order valence-corrected chi connectivity index (χ4v) is 1.20. The van der Waals surface area contributed by atoms with E-state index in [0.717, 1.165) is 14.2 Å². The molecule has 0 aliphatic heterocycles. The molecule has 0 aromatic heterocycles. The van der Waals surface area contributed by atoms with E-state index in [9.17, 15) is 0 Å². The molecule has 0 amide bonds. The standard InChI is InChI=1S/C7H6ClIN2/c8-6-3-5(4-11-10)1-2-7(6)9/h1-4H,10H2. The zero-order chi connectivity index (χ0) is 8.27. The minimum Gasteiger partial charge on any atom is -0.323 e. The topological polar surface area (TPSA) is 38.4 Å². The molecule has 0 radical (unpaired) electrons. The summed E-state index contributed by atoms with van der Waals surface area (Å²) in [6.45, 7) is 0. The van der Waals surface area contributed by atoms with Crippen LogP contribution in [0.1, 0.15) is 5.56 Å². The predicted octanol–water partition coefficient (Wildman–Crippen LogP) is 2.24. The van der Waals surface area contributed by atoms with Crippen LogP contribution in [0.15, 0.2) is 23.3 Å². The maximum absolute atomic E-state index is 5.84. The molecule has 0 fully saturated rings. The van der Waals surface area contributed by atoms with Crippen LogP contribution in [0.5, 0.6) is 0 Å². The van der Waals surface area contributed by atoms with Gasteiger partial charge in [-0.1, -0.05) is 17.7 Å². The van der Waals surface area contributed by atoms with E-state index in [1.54, 1.807) is 6.21 Å². The van der Waals surface area contributed by atoms with Gasteiger partial charge in [0.2, 0.25) is 0 Å². The molecule has 0 spiro atoms. The van der Waals surface area contributed by atoms with Gasteiger partial charge in [-0.15, -0.1) is 0 Å². The van der Waals surface area contributed by atoms with Gasteiger partial charge in [-0.05, 0) is 40.3 Å². The smallest absolute Gasteiger partial charge is 0.0545 e. The van der Waals surface area contributed by atoms with Crippen molar-refractivity contribution in [2.45, 2.75) is 0 Å². The monoisotopic (exact) mass is 280 g/mol. The van der Waals surface area contributed by atoms with Crippen molar-refractivity contribution in [2.75, 3.05) is 0 Å². The Kier molecular flexibility index (Phi) is 3.14. The molecule has 58 valence electrons. The van der Waals surface area contributed by atoms with E-state index in [4.69, 9.17) is 17.4 Å². The Balaban J connectivity index is 3.05. The quantitative estimate of drug-likeness (QED) is 0.364. The molecular weight excluding hydrogens is 274 g/mol. The van der Waals surface area contributed by atoms with Gasteiger partial charge in [0.1, 0.15) is 0 Å². The van der Waals surface area contributed by atoms with Crippen LogP contribution < -0.4 is 5.84 Å². The number of nitrogens with zero attached hydrogens (tertiary/aromatic N) is 1. The van der Waals surface area contributed by atoms with E-state index in [1.807, 2.05) is 18.2 Å². The van der Waals surface area contributed by atoms with Gasteiger partial charge in [0.15, 0.2) is 0 Å². The predicted molar refractivity (Wildman–Crippen MR) is 56.0 cm³/mol. The first kappa shape index (κ1) is 8.80. The fourth-order valence-electron chi connectivity index (χ4n) is 0.679. The van der Waals surface area contributed by atoms with E-state index in [0.29, 0.717) is 0 Å². The van der Waals surface area contributed by atoms with Gasteiger partial charge >= 0.3 is 0 Å². The largest absolute Gasteiger partial charge is 0.323 e. The summed E-state index contributed by atoms with van der Waals surface area (Å²) in [6, 6.07) is 5.64. The molecule has 2 nitrogen and oxygen atoms in total. The minimum atomic E-state index is 0.725. The van der Waals surface area contributed by atoms with Crippen LogP contribution in [0.25, 0.3) is 0 Å². The second-order valence-corrected chi connectivity index (χ2v) is 3.52. The molecular formula is C7H6ClIN2. The van der Waals surface area contributed by atoms with Crippen molar-refractivity contribution in [1.29, 1.82) is 0 Å². The summed E-state index contributed by atoms with van der Waals surface area (Å²) in [5.41, 5.74) is 0.915. The van der Waals surface area contributed by atoms with Crippen molar-refractivity contribution in [3.8, 4) is 0 Å². The molecule has 0 aliphatic rings. The number of benzene rings is 1. The van der Waals surface area contributed by atoms with Crippen molar-refractivity contribution in [2.24, 2.45) is 10.9 Å². The van der Waals surface area contributed by atoms with Gasteiger partial charge in [0.05, 0.1) is 11.2 Å². The average Bonchev–Trinajstić information content (AvgIpc) is 1.98. The Morgan fingerprint density at radius 2 is 2.27 bits per heavy atom. The average molecular weight is 280 g/mol. The number of nitrogens with two attached hydrogens (primary N) is 1. The van der Waals surface area contributed by atoms with Gasteiger partial charge in [-0.25, -0.2) is 0 Å². The molecule has 4 heteroatoms. The molecule has 0 bridgehead atoms. The molecule has 2 N–H and O–H groups in total. The molecule has 1 aromatic rings. The lowest BCUT2D eigenvalue weighted by Gasteiger charge is -1.95. The molecule has 0 saturated heterocycles. The Hall–Kier alpha value is -0.290. The van der Waals surface area contributed by atoms with Crippen LogP contribution >= 0.6 is 34.2 Å². The van der Waals surface area contributed by atoms with Crippen molar-refractivity contribution in [3.63, 3.8) is 0 Å². The Morgan fingerprint density at radius 3 is 2.82 bits per heavy atom. The molecule has 0 aliphatic carbocycles. The highest BCUT2D eigenvalue weighted by Gasteiger charge is 1.95. The molecule has 1 aromatic carbocycles. The third-order valence-corrected chi connectivity index (χ3v) is 2.74. The lowest BCUT2D eigenvalue weighted by Crippen LogP contribution is -1.86. The number of hydrogen-bond donors (Lipinski definition) is 1. The lowest BCUT2D eigenvalue weighted by molar-refractivity contribution is 1.26. The first-order valence-electron chi connectivity index (χ1n) is 2.92. The van der Waals surface area contributed by atoms with Gasteiger partial charge < -0.3 is 5.84 Å². The summed E-state index contributed by atoms with van der Waals surface area (Å²) in [7, 11) is 0. The fraction of sp³-hybridized carbons (Fsp3) is 0. The molecule has 0 unspecified atom stereocenters. The Labute approximate surface area is 83.6 Å². The van der Waals surface area contributed by atoms with E-state index in [2.05, 4.69) is 27.7 Å². The van der Waals surface area contributed by atoms with Gasteiger partial charge in [-0.3, -0.25) is 0 Å². The van der Waals surface area contributed by atoms with Crippen LogP contribution in [-0.2, 0) is 0 Å². The second-order valence-electron chi connectivity index (χ2n) is 1.95. The van der Waals surface area contributed by atoms with Crippen LogP contribution in [0.3, 0.4) is 0 Å². The maximum Gasteiger partial charge on any atom is 0.0545 e. The van der Waals surface area contributed by atoms with Crippen molar-refractivity contribution >= 4 is 40.4 Å². The summed E-state index contributed by atoms with van der Waals surface area (Å²) < 4.78 is 1.03. The highest BCUT2D eigenvalue weighted by atomic mass is 127. The van der Waals surface area contributed by atoms with Crippen molar-refractivity contribution < 1.29 is 0 Å². The highest BCUT2D eigenvalue weighted by Crippen LogP contribution is 2.18. The van der Waals surface area contributed by atoms with E-state index >= 15 is 0 Å². The normalized spacial score (nSPS) is 10.7. The van der Waals surface area contributed by atoms with Crippen molar-refractivity contribution in [1.82, 2.24) is 0 Å². The Bertz CT molecular complexity index is 286. The van der Waals surface area contributed by atoms with Crippen LogP contribution in [-0.4, -0.2) is 6.21 Å². The number of hydrogen-bond acceptors (Lipinski definition) is 2. The molecule has 0 heterocycles. The van der Waals surface area contributed by atoms with E-state index in [-0.39, 0.29) is 0 Å². The van der Waals surface area contributed by atoms with Crippen LogP contribution in [0.4, 0.5) is 0 Å². The summed E-state index contributed by atoms with van der Waals surface area (Å²) in [6.07, 6.45) is 1.56. The first-order valence-corrected chi connectivity index (χ1v) is 4.38. The van der Waals surface area contributed by atoms with Gasteiger partial charge in [0.25, 0.3) is 0 Å². The Morgan fingerprint density at radius 1 is 1.55 bits per heavy atom. The van der Waals surface area contributed by atoms with Gasteiger partial charge in [-0.2, -0.15) is 5.10 Å². The molecule has 11 heavy (non-hydrogen) atoms. The summed E-state index contributed by atoms with van der Waals surface area (Å²) >= 11 is 8.00. The molecule has 1 rings (SSSR count). The summed E-state index contributed by atoms with van der Waals surface area (Å²) in [4.78, 5) is 0. The number of hydrazone groups is 1. The zero-order valence-electron chi connectivity index (χ0n) is 5.59. The number of rotatable bonds is 1. The second kappa shape index (κ2) is 3.92.